The molecule has 80 valence electrons. The Morgan fingerprint density at radius 1 is 1.08 bits per heavy atom. The average Bonchev–Trinajstić information content (AvgIpc) is 2.02. The summed E-state index contributed by atoms with van der Waals surface area (Å²) in [5.41, 5.74) is 0. The van der Waals surface area contributed by atoms with E-state index in [1.807, 2.05) is 0 Å². The van der Waals surface area contributed by atoms with Crippen molar-refractivity contribution in [2.24, 2.45) is 0 Å². The zero-order valence-corrected chi connectivity index (χ0v) is 8.04. The first-order valence-corrected chi connectivity index (χ1v) is 4.79. The van der Waals surface area contributed by atoms with Crippen molar-refractivity contribution in [3.63, 3.8) is 0 Å². The van der Waals surface area contributed by atoms with Crippen molar-refractivity contribution in [3.8, 4) is 0 Å². The molecule has 0 aliphatic heterocycles. The number of halogens is 1. The van der Waals surface area contributed by atoms with E-state index in [0.29, 0.717) is 6.42 Å². The highest BCUT2D eigenvalue weighted by molar-refractivity contribution is 4.63. The Kier molecular flexibility index (Phi) is 6.20. The molecular weight excluding hydrogens is 175 g/mol. The minimum atomic E-state index is -3.16. The summed E-state index contributed by atoms with van der Waals surface area (Å²) in [5.74, 6) is -3.16. The molecule has 1 atom stereocenters. The SMILES string of the molecule is CCCCCCCC(F)C(O)(O)O. The van der Waals surface area contributed by atoms with E-state index < -0.39 is 12.1 Å². The number of hydrogen-bond donors (Lipinski definition) is 3. The van der Waals surface area contributed by atoms with Gasteiger partial charge < -0.3 is 15.3 Å². The van der Waals surface area contributed by atoms with Gasteiger partial charge in [0.25, 0.3) is 0 Å². The average molecular weight is 194 g/mol. The molecule has 0 heterocycles. The van der Waals surface area contributed by atoms with Crippen LogP contribution in [-0.4, -0.2) is 27.5 Å². The molecule has 0 spiro atoms. The van der Waals surface area contributed by atoms with Crippen molar-refractivity contribution in [2.75, 3.05) is 0 Å². The van der Waals surface area contributed by atoms with E-state index in [9.17, 15) is 4.39 Å². The summed E-state index contributed by atoms with van der Waals surface area (Å²) in [7, 11) is 0. The molecule has 0 amide bonds. The molecule has 0 aliphatic rings. The number of unbranched alkanes of at least 4 members (excludes halogenated alkanes) is 4. The quantitative estimate of drug-likeness (QED) is 0.423. The maximum Gasteiger partial charge on any atom is 0.308 e. The summed E-state index contributed by atoms with van der Waals surface area (Å²) < 4.78 is 12.7. The van der Waals surface area contributed by atoms with Gasteiger partial charge in [0.1, 0.15) is 0 Å². The van der Waals surface area contributed by atoms with Crippen LogP contribution in [0.1, 0.15) is 45.4 Å². The molecule has 0 aromatic rings. The van der Waals surface area contributed by atoms with Gasteiger partial charge in [0.05, 0.1) is 0 Å². The lowest BCUT2D eigenvalue weighted by Gasteiger charge is -2.18. The zero-order valence-electron chi connectivity index (χ0n) is 8.04. The van der Waals surface area contributed by atoms with Crippen molar-refractivity contribution in [1.82, 2.24) is 0 Å². The summed E-state index contributed by atoms with van der Waals surface area (Å²) in [6.07, 6.45) is 2.72. The van der Waals surface area contributed by atoms with Crippen LogP contribution in [0.15, 0.2) is 0 Å². The molecular formula is C9H19FO3. The molecule has 0 bridgehead atoms. The van der Waals surface area contributed by atoms with Crippen molar-refractivity contribution < 1.29 is 19.7 Å². The minimum Gasteiger partial charge on any atom is -0.341 e. The summed E-state index contributed by atoms with van der Waals surface area (Å²) in [4.78, 5) is 0. The topological polar surface area (TPSA) is 60.7 Å². The monoisotopic (exact) mass is 194 g/mol. The highest BCUT2D eigenvalue weighted by Gasteiger charge is 2.31. The second-order valence-electron chi connectivity index (χ2n) is 3.36. The van der Waals surface area contributed by atoms with Crippen LogP contribution in [0, 0.1) is 0 Å². The predicted molar refractivity (Wildman–Crippen MR) is 47.7 cm³/mol. The largest absolute Gasteiger partial charge is 0.341 e. The Morgan fingerprint density at radius 2 is 1.62 bits per heavy atom. The Hall–Kier alpha value is -0.190. The van der Waals surface area contributed by atoms with Crippen molar-refractivity contribution in [2.45, 2.75) is 57.6 Å². The molecule has 4 heteroatoms. The first-order chi connectivity index (χ1) is 5.98. The third-order valence-electron chi connectivity index (χ3n) is 1.98. The smallest absolute Gasteiger partial charge is 0.308 e. The highest BCUT2D eigenvalue weighted by Crippen LogP contribution is 2.15. The molecule has 0 rings (SSSR count). The maximum atomic E-state index is 12.7. The molecule has 3 N–H and O–H groups in total. The highest BCUT2D eigenvalue weighted by atomic mass is 19.1. The van der Waals surface area contributed by atoms with Crippen LogP contribution in [0.5, 0.6) is 0 Å². The fourth-order valence-corrected chi connectivity index (χ4v) is 1.12. The van der Waals surface area contributed by atoms with Gasteiger partial charge >= 0.3 is 5.97 Å². The van der Waals surface area contributed by atoms with Crippen LogP contribution >= 0.6 is 0 Å². The van der Waals surface area contributed by atoms with Crippen molar-refractivity contribution in [3.05, 3.63) is 0 Å². The lowest BCUT2D eigenvalue weighted by atomic mass is 10.1. The first kappa shape index (κ1) is 12.8. The molecule has 13 heavy (non-hydrogen) atoms. The van der Waals surface area contributed by atoms with E-state index >= 15 is 0 Å². The van der Waals surface area contributed by atoms with Gasteiger partial charge in [-0.3, -0.25) is 0 Å². The third-order valence-corrected chi connectivity index (χ3v) is 1.98. The predicted octanol–water partition coefficient (Wildman–Crippen LogP) is 1.32. The molecule has 0 aromatic heterocycles. The van der Waals surface area contributed by atoms with Crippen molar-refractivity contribution >= 4 is 0 Å². The Labute approximate surface area is 78.2 Å². The molecule has 1 unspecified atom stereocenters. The lowest BCUT2D eigenvalue weighted by Crippen LogP contribution is -2.38. The van der Waals surface area contributed by atoms with Crippen LogP contribution in [-0.2, 0) is 0 Å². The Bertz CT molecular complexity index is 123. The number of alkyl halides is 1. The summed E-state index contributed by atoms with van der Waals surface area (Å²) in [6.45, 7) is 2.08. The number of aliphatic hydroxyl groups is 3. The summed E-state index contributed by atoms with van der Waals surface area (Å²) >= 11 is 0. The van der Waals surface area contributed by atoms with Gasteiger partial charge in [-0.05, 0) is 6.42 Å². The number of hydrogen-bond acceptors (Lipinski definition) is 3. The van der Waals surface area contributed by atoms with Gasteiger partial charge in [0.15, 0.2) is 6.17 Å². The second kappa shape index (κ2) is 6.29. The Morgan fingerprint density at radius 3 is 2.08 bits per heavy atom. The molecule has 0 radical (unpaired) electrons. The fourth-order valence-electron chi connectivity index (χ4n) is 1.12. The van der Waals surface area contributed by atoms with Gasteiger partial charge in [-0.2, -0.15) is 0 Å². The molecule has 0 aliphatic carbocycles. The normalized spacial score (nSPS) is 14.5. The van der Waals surface area contributed by atoms with E-state index in [0.717, 1.165) is 25.7 Å². The van der Waals surface area contributed by atoms with E-state index in [-0.39, 0.29) is 6.42 Å². The van der Waals surface area contributed by atoms with Crippen LogP contribution in [0.2, 0.25) is 0 Å². The van der Waals surface area contributed by atoms with E-state index in [2.05, 4.69) is 6.92 Å². The van der Waals surface area contributed by atoms with Crippen LogP contribution in [0.4, 0.5) is 4.39 Å². The molecule has 0 saturated carbocycles. The summed E-state index contributed by atoms with van der Waals surface area (Å²) in [6, 6.07) is 0. The van der Waals surface area contributed by atoms with Gasteiger partial charge in [-0.1, -0.05) is 39.0 Å². The standard InChI is InChI=1S/C9H19FO3/c1-2-3-4-5-6-7-8(10)9(11,12)13/h8,11-13H,2-7H2,1H3. The Balaban J connectivity index is 3.32. The van der Waals surface area contributed by atoms with Crippen LogP contribution in [0.3, 0.4) is 0 Å². The maximum absolute atomic E-state index is 12.7. The third kappa shape index (κ3) is 6.93. The molecule has 0 saturated heterocycles. The van der Waals surface area contributed by atoms with Crippen LogP contribution < -0.4 is 0 Å². The van der Waals surface area contributed by atoms with Crippen molar-refractivity contribution in [1.29, 1.82) is 0 Å². The van der Waals surface area contributed by atoms with Gasteiger partial charge in [-0.25, -0.2) is 4.39 Å². The molecule has 0 fully saturated rings. The van der Waals surface area contributed by atoms with Gasteiger partial charge in [-0.15, -0.1) is 0 Å². The number of rotatable bonds is 7. The second-order valence-corrected chi connectivity index (χ2v) is 3.36. The van der Waals surface area contributed by atoms with E-state index in [1.165, 1.54) is 0 Å². The van der Waals surface area contributed by atoms with Gasteiger partial charge in [0.2, 0.25) is 0 Å². The summed E-state index contributed by atoms with van der Waals surface area (Å²) in [5, 5.41) is 25.3. The van der Waals surface area contributed by atoms with E-state index in [4.69, 9.17) is 15.3 Å². The van der Waals surface area contributed by atoms with E-state index in [1.54, 1.807) is 0 Å². The first-order valence-electron chi connectivity index (χ1n) is 4.79. The fraction of sp³-hybridized carbons (Fsp3) is 1.00. The molecule has 3 nitrogen and oxygen atoms in total. The zero-order chi connectivity index (χ0) is 10.3. The molecule has 0 aromatic carbocycles. The minimum absolute atomic E-state index is 0.00673. The lowest BCUT2D eigenvalue weighted by molar-refractivity contribution is -0.342. The van der Waals surface area contributed by atoms with Gasteiger partial charge in [0, 0.05) is 0 Å². The van der Waals surface area contributed by atoms with Crippen LogP contribution in [0.25, 0.3) is 0 Å².